The van der Waals surface area contributed by atoms with Crippen LogP contribution in [0.2, 0.25) is 0 Å². The Balaban J connectivity index is 0.00000160. The van der Waals surface area contributed by atoms with Crippen molar-refractivity contribution in [1.82, 2.24) is 0 Å². The molecule has 0 unspecified atom stereocenters. The molecule has 0 bridgehead atoms. The second-order valence-electron chi connectivity index (χ2n) is 8.68. The van der Waals surface area contributed by atoms with Gasteiger partial charge >= 0.3 is 221 Å². The molecule has 0 N–H and O–H groups in total. The molecule has 0 nitrogen and oxygen atoms in total. The molecular weight excluding hydrogens is 589 g/mol. The Hall–Kier alpha value is -2.40. The van der Waals surface area contributed by atoms with Crippen LogP contribution in [0, 0.1) is 0 Å². The number of hydrogen-bond acceptors (Lipinski definition) is 0. The van der Waals surface area contributed by atoms with E-state index in [0.29, 0.717) is 0 Å². The van der Waals surface area contributed by atoms with Gasteiger partial charge in [0.15, 0.2) is 0 Å². The maximum Gasteiger partial charge on any atom is -1.00 e. The van der Waals surface area contributed by atoms with Crippen LogP contribution in [0.1, 0.15) is 6.42 Å². The maximum absolute atomic E-state index is 2.41. The summed E-state index contributed by atoms with van der Waals surface area (Å²) in [4.78, 5) is -0.440. The Labute approximate surface area is 243 Å². The van der Waals surface area contributed by atoms with E-state index >= 15 is 0 Å². The molecule has 0 amide bonds. The first-order valence-corrected chi connectivity index (χ1v) is 17.9. The summed E-state index contributed by atoms with van der Waals surface area (Å²) in [6.07, 6.45) is 8.13. The number of halogens is 2. The van der Waals surface area contributed by atoms with Crippen molar-refractivity contribution in [3.63, 3.8) is 0 Å². The summed E-state index contributed by atoms with van der Waals surface area (Å²) in [7, 11) is 0. The third kappa shape index (κ3) is 5.72. The molecule has 0 fully saturated rings. The summed E-state index contributed by atoms with van der Waals surface area (Å²) in [6.45, 7) is 0. The quantitative estimate of drug-likeness (QED) is 0.271. The Morgan fingerprint density at radius 2 is 0.865 bits per heavy atom. The van der Waals surface area contributed by atoms with E-state index in [0.717, 1.165) is 6.42 Å². The number of hydrogen-bond donors (Lipinski definition) is 0. The van der Waals surface area contributed by atoms with Crippen LogP contribution < -0.4 is 24.8 Å². The summed E-state index contributed by atoms with van der Waals surface area (Å²) in [5.74, 6) is 0. The van der Waals surface area contributed by atoms with Gasteiger partial charge in [-0.2, -0.15) is 0 Å². The zero-order chi connectivity index (χ0) is 23.5. The second-order valence-corrected chi connectivity index (χ2v) is 17.0. The zero-order valence-corrected chi connectivity index (χ0v) is 25.1. The molecular formula is C33H25Cl2PZr. The van der Waals surface area contributed by atoms with Crippen LogP contribution >= 0.6 is 4.83 Å². The molecule has 0 saturated heterocycles. The summed E-state index contributed by atoms with van der Waals surface area (Å²) < 4.78 is 1.70. The molecule has 1 aliphatic rings. The smallest absolute Gasteiger partial charge is 1.00 e. The predicted octanol–water partition coefficient (Wildman–Crippen LogP) is 4.04. The number of benzene rings is 4. The largest absolute Gasteiger partial charge is 1.00 e. The molecule has 4 heteroatoms. The van der Waals surface area contributed by atoms with Gasteiger partial charge in [-0.15, -0.1) is 0 Å². The first-order chi connectivity index (χ1) is 17.4. The van der Waals surface area contributed by atoms with E-state index in [2.05, 4.69) is 140 Å². The minimum absolute atomic E-state index is 0. The Bertz CT molecular complexity index is 1410. The Kier molecular flexibility index (Phi) is 9.64. The molecule has 6 rings (SSSR count). The molecule has 1 aromatic heterocycles. The molecule has 180 valence electrons. The fourth-order valence-corrected chi connectivity index (χ4v) is 16.6. The van der Waals surface area contributed by atoms with Crippen molar-refractivity contribution >= 4 is 4.83 Å². The van der Waals surface area contributed by atoms with Gasteiger partial charge in [0.25, 0.3) is 0 Å². The van der Waals surface area contributed by atoms with Crippen molar-refractivity contribution in [2.24, 2.45) is 0 Å². The van der Waals surface area contributed by atoms with E-state index < -0.39 is 27.5 Å². The second kappa shape index (κ2) is 12.9. The van der Waals surface area contributed by atoms with Crippen LogP contribution in [0.15, 0.2) is 143 Å². The van der Waals surface area contributed by atoms with E-state index in [1.54, 1.807) is 13.9 Å². The van der Waals surface area contributed by atoms with Gasteiger partial charge in [-0.1, -0.05) is 0 Å². The molecule has 5 aromatic rings. The van der Waals surface area contributed by atoms with Gasteiger partial charge in [0.05, 0.1) is 0 Å². The number of rotatable bonds is 6. The summed E-state index contributed by atoms with van der Waals surface area (Å²) in [5.41, 5.74) is 8.26. The van der Waals surface area contributed by atoms with Crippen molar-refractivity contribution in [2.45, 2.75) is 6.42 Å². The van der Waals surface area contributed by atoms with Gasteiger partial charge in [-0.25, -0.2) is 0 Å². The third-order valence-corrected chi connectivity index (χ3v) is 16.8. The van der Waals surface area contributed by atoms with E-state index in [4.69, 9.17) is 0 Å². The van der Waals surface area contributed by atoms with Gasteiger partial charge in [0.1, 0.15) is 0 Å². The van der Waals surface area contributed by atoms with Crippen LogP contribution in [0.25, 0.3) is 44.0 Å². The monoisotopic (exact) mass is 612 g/mol. The van der Waals surface area contributed by atoms with Crippen molar-refractivity contribution in [3.05, 3.63) is 143 Å². The van der Waals surface area contributed by atoms with Crippen LogP contribution in [0.5, 0.6) is 0 Å². The van der Waals surface area contributed by atoms with Crippen LogP contribution in [-0.2, 0) is 22.7 Å². The van der Waals surface area contributed by atoms with Crippen molar-refractivity contribution in [2.75, 3.05) is 0 Å². The predicted molar refractivity (Wildman–Crippen MR) is 148 cm³/mol. The van der Waals surface area contributed by atoms with E-state index in [-0.39, 0.29) is 24.8 Å². The van der Waals surface area contributed by atoms with E-state index in [9.17, 15) is 0 Å². The van der Waals surface area contributed by atoms with Crippen LogP contribution in [-0.4, -0.2) is 0 Å². The maximum atomic E-state index is 2.41. The van der Waals surface area contributed by atoms with E-state index in [1.807, 2.05) is 0 Å². The van der Waals surface area contributed by atoms with Crippen LogP contribution in [0.3, 0.4) is 0 Å². The van der Waals surface area contributed by atoms with Gasteiger partial charge in [0.2, 0.25) is 0 Å². The van der Waals surface area contributed by atoms with Crippen LogP contribution in [0.4, 0.5) is 0 Å². The van der Waals surface area contributed by atoms with Gasteiger partial charge in [0, 0.05) is 0 Å². The molecule has 1 aliphatic carbocycles. The molecule has 1 heterocycles. The molecule has 0 saturated carbocycles. The molecule has 37 heavy (non-hydrogen) atoms. The van der Waals surface area contributed by atoms with Crippen molar-refractivity contribution < 1.29 is 47.5 Å². The van der Waals surface area contributed by atoms with Crippen molar-refractivity contribution in [3.8, 4) is 44.0 Å². The first-order valence-electron chi connectivity index (χ1n) is 12.0. The minimum Gasteiger partial charge on any atom is -1.00 e. The topological polar surface area (TPSA) is 0 Å². The SMILES string of the molecule is C1=CC[C]([Zr+2][p]2c(-c3ccccc3)c(-c3ccccc3)c(-c3ccccc3)c2-c2ccccc2)=C1.[Cl-].[Cl-]. The molecule has 0 aliphatic heterocycles. The fourth-order valence-electron chi connectivity index (χ4n) is 4.87. The Morgan fingerprint density at radius 3 is 1.22 bits per heavy atom. The summed E-state index contributed by atoms with van der Waals surface area (Å²) in [6, 6.07) is 44.5. The van der Waals surface area contributed by atoms with Crippen molar-refractivity contribution in [1.29, 1.82) is 0 Å². The summed E-state index contributed by atoms with van der Waals surface area (Å²) >= 11 is -0.909. The zero-order valence-electron chi connectivity index (χ0n) is 20.2. The average molecular weight is 615 g/mol. The molecule has 0 radical (unpaired) electrons. The summed E-state index contributed by atoms with van der Waals surface area (Å²) in [5, 5.41) is 3.15. The standard InChI is InChI=1S/C28H20P.C5H5.2ClH.Zr/c1-5-13-21(14-6-1)25-26(22-15-7-2-8-16-22)28(24-19-11-4-12-20-24)29-27(25)23-17-9-3-10-18-23;1-2-4-5-3-1;;;/h1-20H;1-3H,4H2;2*1H;/q-1;;;;+3/p-2. The van der Waals surface area contributed by atoms with Gasteiger partial charge in [-0.3, -0.25) is 0 Å². The number of allylic oxidation sites excluding steroid dienone is 4. The van der Waals surface area contributed by atoms with E-state index in [1.165, 1.54) is 33.4 Å². The molecule has 0 spiro atoms. The molecule has 0 atom stereocenters. The minimum atomic E-state index is -0.909. The molecule has 4 aromatic carbocycles. The third-order valence-electron chi connectivity index (χ3n) is 6.42. The fraction of sp³-hybridized carbons (Fsp3) is 0.0303. The first kappa shape index (κ1) is 27.6. The average Bonchev–Trinajstić information content (AvgIpc) is 3.57. The Morgan fingerprint density at radius 1 is 0.486 bits per heavy atom. The van der Waals surface area contributed by atoms with Gasteiger partial charge < -0.3 is 24.8 Å². The normalized spacial score (nSPS) is 11.7. The van der Waals surface area contributed by atoms with Gasteiger partial charge in [-0.05, 0) is 0 Å².